The summed E-state index contributed by atoms with van der Waals surface area (Å²) in [6.07, 6.45) is 3.52. The van der Waals surface area contributed by atoms with Crippen LogP contribution in [0.15, 0.2) is 48.9 Å². The van der Waals surface area contributed by atoms with Gasteiger partial charge in [-0.3, -0.25) is 0 Å². The summed E-state index contributed by atoms with van der Waals surface area (Å²) in [5, 5.41) is 4.10. The third-order valence-corrected chi connectivity index (χ3v) is 2.33. The van der Waals surface area contributed by atoms with Crippen LogP contribution in [0.4, 0.5) is 0 Å². The van der Waals surface area contributed by atoms with Crippen LogP contribution in [-0.4, -0.2) is 14.6 Å². The highest BCUT2D eigenvalue weighted by atomic mass is 15.3. The topological polar surface area (TPSA) is 30.2 Å². The number of pyridine rings is 1. The summed E-state index contributed by atoms with van der Waals surface area (Å²) in [6, 6.07) is 14.9. The minimum absolute atomic E-state index is 0.862. The molecule has 0 N–H and O–H groups in total. The third-order valence-electron chi connectivity index (χ3n) is 2.33. The molecule has 3 rings (SSSR count). The summed E-state index contributed by atoms with van der Waals surface area (Å²) in [7, 11) is 0. The van der Waals surface area contributed by atoms with Crippen LogP contribution in [0.25, 0.3) is 16.8 Å². The third kappa shape index (κ3) is 1.38. The van der Waals surface area contributed by atoms with Gasteiger partial charge in [-0.1, -0.05) is 24.3 Å². The van der Waals surface area contributed by atoms with Crippen molar-refractivity contribution in [1.29, 1.82) is 0 Å². The summed E-state index contributed by atoms with van der Waals surface area (Å²) in [4.78, 5) is 4.10. The maximum absolute atomic E-state index is 4.10. The Kier molecular flexibility index (Phi) is 1.75. The number of hydrogen-bond acceptors (Lipinski definition) is 2. The fraction of sp³-hybridized carbons (Fsp3) is 0. The highest BCUT2D eigenvalue weighted by molar-refractivity contribution is 5.63. The van der Waals surface area contributed by atoms with Crippen molar-refractivity contribution in [3.63, 3.8) is 0 Å². The van der Waals surface area contributed by atoms with Gasteiger partial charge in [0.05, 0.1) is 0 Å². The van der Waals surface area contributed by atoms with Crippen molar-refractivity contribution in [2.45, 2.75) is 0 Å². The van der Waals surface area contributed by atoms with Crippen molar-refractivity contribution in [3.05, 3.63) is 55.0 Å². The molecule has 3 nitrogen and oxygen atoms in total. The maximum Gasteiger partial charge on any atom is 0.155 e. The molecule has 0 saturated heterocycles. The van der Waals surface area contributed by atoms with Gasteiger partial charge in [0.2, 0.25) is 0 Å². The van der Waals surface area contributed by atoms with E-state index in [4.69, 9.17) is 0 Å². The number of benzene rings is 1. The number of fused-ring (bicyclic) bond motifs is 1. The average Bonchev–Trinajstić information content (AvgIpc) is 2.77. The Bertz CT molecular complexity index is 584. The van der Waals surface area contributed by atoms with Crippen LogP contribution in [0.2, 0.25) is 0 Å². The van der Waals surface area contributed by atoms with E-state index in [1.54, 1.807) is 10.8 Å². The Morgan fingerprint density at radius 2 is 1.87 bits per heavy atom. The fourth-order valence-electron chi connectivity index (χ4n) is 1.57. The molecule has 1 radical (unpaired) electrons. The van der Waals surface area contributed by atoms with Crippen LogP contribution in [0, 0.1) is 6.07 Å². The molecule has 0 fully saturated rings. The van der Waals surface area contributed by atoms with E-state index < -0.39 is 0 Å². The van der Waals surface area contributed by atoms with Crippen LogP contribution in [0.3, 0.4) is 0 Å². The second-order valence-corrected chi connectivity index (χ2v) is 3.27. The molecule has 0 aliphatic carbocycles. The second-order valence-electron chi connectivity index (χ2n) is 3.27. The van der Waals surface area contributed by atoms with Crippen molar-refractivity contribution < 1.29 is 0 Å². The van der Waals surface area contributed by atoms with E-state index in [0.717, 1.165) is 16.8 Å². The molecule has 71 valence electrons. The highest BCUT2D eigenvalue weighted by Crippen LogP contribution is 2.18. The zero-order chi connectivity index (χ0) is 10.1. The Morgan fingerprint density at radius 3 is 2.73 bits per heavy atom. The molecule has 0 aliphatic heterocycles. The summed E-state index contributed by atoms with van der Waals surface area (Å²) in [6.45, 7) is 0. The predicted octanol–water partition coefficient (Wildman–Crippen LogP) is 2.20. The van der Waals surface area contributed by atoms with E-state index in [1.807, 2.05) is 42.6 Å². The SMILES string of the molecule is [c]1ccc(-c2ccc3ncnn3c2)cc1. The van der Waals surface area contributed by atoms with E-state index in [9.17, 15) is 0 Å². The summed E-state index contributed by atoms with van der Waals surface area (Å²) < 4.78 is 1.77. The van der Waals surface area contributed by atoms with Gasteiger partial charge in [0.1, 0.15) is 6.33 Å². The van der Waals surface area contributed by atoms with E-state index in [2.05, 4.69) is 16.1 Å². The first-order chi connectivity index (χ1) is 7.43. The monoisotopic (exact) mass is 194 g/mol. The molecule has 0 saturated carbocycles. The molecule has 15 heavy (non-hydrogen) atoms. The van der Waals surface area contributed by atoms with E-state index in [-0.39, 0.29) is 0 Å². The number of rotatable bonds is 1. The van der Waals surface area contributed by atoms with Crippen molar-refractivity contribution in [3.8, 4) is 11.1 Å². The van der Waals surface area contributed by atoms with Crippen LogP contribution >= 0.6 is 0 Å². The maximum atomic E-state index is 4.10. The van der Waals surface area contributed by atoms with Crippen LogP contribution < -0.4 is 0 Å². The van der Waals surface area contributed by atoms with Crippen molar-refractivity contribution in [1.82, 2.24) is 14.6 Å². The van der Waals surface area contributed by atoms with Crippen LogP contribution in [-0.2, 0) is 0 Å². The van der Waals surface area contributed by atoms with E-state index in [0.29, 0.717) is 0 Å². The quantitative estimate of drug-likeness (QED) is 0.594. The van der Waals surface area contributed by atoms with Crippen molar-refractivity contribution >= 4 is 5.65 Å². The standard InChI is InChI=1S/C12H8N3/c1-2-4-10(5-3-1)11-6-7-12-13-9-14-15(12)8-11/h2-9H. The van der Waals surface area contributed by atoms with Gasteiger partial charge in [-0.15, -0.1) is 0 Å². The molecule has 2 aromatic heterocycles. The molecule has 0 bridgehead atoms. The number of hydrogen-bond donors (Lipinski definition) is 0. The Balaban J connectivity index is 2.19. The molecule has 0 unspecified atom stereocenters. The summed E-state index contributed by atoms with van der Waals surface area (Å²) in [5.74, 6) is 0. The van der Waals surface area contributed by atoms with Gasteiger partial charge in [0, 0.05) is 11.8 Å². The van der Waals surface area contributed by atoms with Crippen LogP contribution in [0.5, 0.6) is 0 Å². The fourth-order valence-corrected chi connectivity index (χ4v) is 1.57. The highest BCUT2D eigenvalue weighted by Gasteiger charge is 1.99. The van der Waals surface area contributed by atoms with Crippen LogP contribution in [0.1, 0.15) is 0 Å². The van der Waals surface area contributed by atoms with Gasteiger partial charge >= 0.3 is 0 Å². The smallest absolute Gasteiger partial charge is 0.155 e. The average molecular weight is 194 g/mol. The molecule has 0 amide bonds. The molecule has 1 aromatic carbocycles. The zero-order valence-corrected chi connectivity index (χ0v) is 7.96. The molecule has 0 aliphatic rings. The molecular weight excluding hydrogens is 186 g/mol. The lowest BCUT2D eigenvalue weighted by molar-refractivity contribution is 0.963. The first-order valence-corrected chi connectivity index (χ1v) is 4.69. The van der Waals surface area contributed by atoms with Gasteiger partial charge in [-0.2, -0.15) is 5.10 Å². The van der Waals surface area contributed by atoms with E-state index >= 15 is 0 Å². The minimum atomic E-state index is 0.862. The molecule has 0 spiro atoms. The molecule has 0 atom stereocenters. The molecule has 3 heteroatoms. The summed E-state index contributed by atoms with van der Waals surface area (Å²) in [5.41, 5.74) is 3.15. The first-order valence-electron chi connectivity index (χ1n) is 4.69. The van der Waals surface area contributed by atoms with Crippen molar-refractivity contribution in [2.24, 2.45) is 0 Å². The predicted molar refractivity (Wildman–Crippen MR) is 57.3 cm³/mol. The lowest BCUT2D eigenvalue weighted by Gasteiger charge is -2.00. The van der Waals surface area contributed by atoms with Crippen molar-refractivity contribution in [2.75, 3.05) is 0 Å². The summed E-state index contributed by atoms with van der Waals surface area (Å²) >= 11 is 0. The zero-order valence-electron chi connectivity index (χ0n) is 7.96. The van der Waals surface area contributed by atoms with Gasteiger partial charge < -0.3 is 0 Å². The minimum Gasteiger partial charge on any atom is -0.221 e. The number of aromatic nitrogens is 3. The Morgan fingerprint density at radius 1 is 1.00 bits per heavy atom. The normalized spacial score (nSPS) is 10.7. The molecule has 3 aromatic rings. The van der Waals surface area contributed by atoms with Gasteiger partial charge in [-0.05, 0) is 23.8 Å². The Labute approximate surface area is 87.0 Å². The first kappa shape index (κ1) is 8.17. The second kappa shape index (κ2) is 3.20. The largest absolute Gasteiger partial charge is 0.221 e. The molecule has 2 heterocycles. The van der Waals surface area contributed by atoms with Gasteiger partial charge in [0.25, 0.3) is 0 Å². The lowest BCUT2D eigenvalue weighted by atomic mass is 10.1. The number of nitrogens with zero attached hydrogens (tertiary/aromatic N) is 3. The van der Waals surface area contributed by atoms with Gasteiger partial charge in [-0.25, -0.2) is 9.50 Å². The lowest BCUT2D eigenvalue weighted by Crippen LogP contribution is -1.87. The Hall–Kier alpha value is -2.16. The van der Waals surface area contributed by atoms with E-state index in [1.165, 1.54) is 0 Å². The van der Waals surface area contributed by atoms with Gasteiger partial charge in [0.15, 0.2) is 5.65 Å². The molecular formula is C12H8N3.